The summed E-state index contributed by atoms with van der Waals surface area (Å²) in [5, 5.41) is 0. The van der Waals surface area contributed by atoms with E-state index in [-0.39, 0.29) is 0 Å². The highest BCUT2D eigenvalue weighted by molar-refractivity contribution is 5.22. The van der Waals surface area contributed by atoms with E-state index in [1.165, 1.54) is 5.56 Å². The molecule has 0 bridgehead atoms. The largest absolute Gasteiger partial charge is 0.0622 e. The van der Waals surface area contributed by atoms with Crippen LogP contribution in [0.1, 0.15) is 19.4 Å². The maximum atomic E-state index is 3.30. The molecule has 10 heavy (non-hydrogen) atoms. The van der Waals surface area contributed by atoms with E-state index in [1.54, 1.807) is 0 Å². The van der Waals surface area contributed by atoms with Gasteiger partial charge in [0.1, 0.15) is 0 Å². The van der Waals surface area contributed by atoms with Crippen molar-refractivity contribution in [1.29, 1.82) is 0 Å². The lowest BCUT2D eigenvalue weighted by Gasteiger charge is -2.01. The molecule has 0 saturated heterocycles. The Morgan fingerprint density at radius 2 is 1.70 bits per heavy atom. The molecule has 0 amide bonds. The first-order chi connectivity index (χ1) is 4.79. The van der Waals surface area contributed by atoms with Gasteiger partial charge >= 0.3 is 0 Å². The fourth-order valence-corrected chi connectivity index (χ4v) is 0.868. The molecule has 0 atom stereocenters. The van der Waals surface area contributed by atoms with Crippen LogP contribution in [0.2, 0.25) is 0 Å². The van der Waals surface area contributed by atoms with E-state index in [2.05, 4.69) is 32.4 Å². The molecule has 0 aliphatic carbocycles. The summed E-state index contributed by atoms with van der Waals surface area (Å²) in [7, 11) is 0. The van der Waals surface area contributed by atoms with E-state index in [9.17, 15) is 0 Å². The second kappa shape index (κ2) is 3.40. The molecular weight excluding hydrogens is 120 g/mol. The van der Waals surface area contributed by atoms with Crippen LogP contribution < -0.4 is 0 Å². The van der Waals surface area contributed by atoms with Crippen molar-refractivity contribution in [3.8, 4) is 0 Å². The predicted molar refractivity (Wildman–Crippen MR) is 43.6 cm³/mol. The van der Waals surface area contributed by atoms with Crippen LogP contribution in [-0.4, -0.2) is 0 Å². The Hall–Kier alpha value is -0.780. The van der Waals surface area contributed by atoms with Gasteiger partial charge in [0, 0.05) is 6.42 Å². The fraction of sp³-hybridized carbons (Fsp3) is 0.300. The summed E-state index contributed by atoms with van der Waals surface area (Å²) in [5.41, 5.74) is 1.19. The van der Waals surface area contributed by atoms with Crippen molar-refractivity contribution in [2.75, 3.05) is 0 Å². The molecule has 0 spiro atoms. The highest BCUT2D eigenvalue weighted by Crippen LogP contribution is 2.08. The van der Waals surface area contributed by atoms with Gasteiger partial charge in [0.25, 0.3) is 0 Å². The lowest BCUT2D eigenvalue weighted by atomic mass is 10.0. The van der Waals surface area contributed by atoms with Gasteiger partial charge in [-0.05, 0) is 11.5 Å². The monoisotopic (exact) mass is 132 g/mol. The second-order valence-electron chi connectivity index (χ2n) is 2.67. The SMILES string of the molecule is CC(C)[C]c1ccccc1. The molecule has 0 N–H and O–H groups in total. The standard InChI is InChI=1S/C10H12/c1-9(2)8-10-6-4-3-5-7-10/h3-7,9H,1-2H3. The molecule has 0 unspecified atom stereocenters. The van der Waals surface area contributed by atoms with Gasteiger partial charge in [-0.25, -0.2) is 0 Å². The third-order valence-corrected chi connectivity index (χ3v) is 1.23. The molecule has 1 rings (SSSR count). The summed E-state index contributed by atoms with van der Waals surface area (Å²) in [6.45, 7) is 4.26. The van der Waals surface area contributed by atoms with Gasteiger partial charge in [-0.15, -0.1) is 0 Å². The average molecular weight is 132 g/mol. The predicted octanol–water partition coefficient (Wildman–Crippen LogP) is 2.77. The van der Waals surface area contributed by atoms with Gasteiger partial charge < -0.3 is 0 Å². The van der Waals surface area contributed by atoms with E-state index >= 15 is 0 Å². The van der Waals surface area contributed by atoms with Crippen LogP contribution >= 0.6 is 0 Å². The maximum absolute atomic E-state index is 3.30. The summed E-state index contributed by atoms with van der Waals surface area (Å²) in [6, 6.07) is 10.2. The molecule has 0 nitrogen and oxygen atoms in total. The van der Waals surface area contributed by atoms with Crippen LogP contribution in [0, 0.1) is 12.3 Å². The van der Waals surface area contributed by atoms with Crippen molar-refractivity contribution in [2.45, 2.75) is 13.8 Å². The molecule has 1 aromatic carbocycles. The third kappa shape index (κ3) is 2.22. The smallest absolute Gasteiger partial charge is 0.0192 e. The summed E-state index contributed by atoms with van der Waals surface area (Å²) in [6.07, 6.45) is 3.30. The maximum Gasteiger partial charge on any atom is 0.0192 e. The first-order valence-corrected chi connectivity index (χ1v) is 3.60. The van der Waals surface area contributed by atoms with E-state index < -0.39 is 0 Å². The number of hydrogen-bond donors (Lipinski definition) is 0. The first-order valence-electron chi connectivity index (χ1n) is 3.60. The zero-order chi connectivity index (χ0) is 7.40. The van der Waals surface area contributed by atoms with Crippen molar-refractivity contribution in [3.63, 3.8) is 0 Å². The minimum atomic E-state index is 0.516. The molecule has 0 fully saturated rings. The molecule has 0 aromatic heterocycles. The third-order valence-electron chi connectivity index (χ3n) is 1.23. The Morgan fingerprint density at radius 1 is 1.10 bits per heavy atom. The van der Waals surface area contributed by atoms with E-state index in [4.69, 9.17) is 0 Å². The number of hydrogen-bond acceptors (Lipinski definition) is 0. The van der Waals surface area contributed by atoms with Crippen LogP contribution in [0.5, 0.6) is 0 Å². The van der Waals surface area contributed by atoms with Crippen molar-refractivity contribution in [2.24, 2.45) is 5.92 Å². The van der Waals surface area contributed by atoms with Crippen molar-refractivity contribution >= 4 is 0 Å². The minimum Gasteiger partial charge on any atom is -0.0622 e. The Balaban J connectivity index is 2.59. The Kier molecular flexibility index (Phi) is 2.49. The van der Waals surface area contributed by atoms with E-state index in [1.807, 2.05) is 18.2 Å². The molecule has 52 valence electrons. The Bertz CT molecular complexity index is 174. The van der Waals surface area contributed by atoms with Crippen molar-refractivity contribution < 1.29 is 0 Å². The summed E-state index contributed by atoms with van der Waals surface area (Å²) < 4.78 is 0. The van der Waals surface area contributed by atoms with Gasteiger partial charge in [-0.1, -0.05) is 44.2 Å². The Morgan fingerprint density at radius 3 is 2.20 bits per heavy atom. The normalized spacial score (nSPS) is 10.3. The van der Waals surface area contributed by atoms with Crippen molar-refractivity contribution in [1.82, 2.24) is 0 Å². The van der Waals surface area contributed by atoms with Crippen LogP contribution in [0.3, 0.4) is 0 Å². The molecule has 1 aromatic rings. The molecule has 0 aliphatic rings. The summed E-state index contributed by atoms with van der Waals surface area (Å²) in [4.78, 5) is 0. The van der Waals surface area contributed by atoms with Crippen LogP contribution in [0.15, 0.2) is 30.3 Å². The van der Waals surface area contributed by atoms with Gasteiger partial charge in [0.15, 0.2) is 0 Å². The average Bonchev–Trinajstić information content (AvgIpc) is 1.88. The lowest BCUT2D eigenvalue weighted by molar-refractivity contribution is 0.776. The highest BCUT2D eigenvalue weighted by Gasteiger charge is 1.95. The summed E-state index contributed by atoms with van der Waals surface area (Å²) in [5.74, 6) is 0.516. The van der Waals surface area contributed by atoms with Crippen LogP contribution in [0.25, 0.3) is 0 Å². The molecule has 0 heterocycles. The van der Waals surface area contributed by atoms with Gasteiger partial charge in [0.2, 0.25) is 0 Å². The van der Waals surface area contributed by atoms with E-state index in [0.29, 0.717) is 5.92 Å². The van der Waals surface area contributed by atoms with Crippen molar-refractivity contribution in [3.05, 3.63) is 42.3 Å². The lowest BCUT2D eigenvalue weighted by Crippen LogP contribution is -1.88. The Labute approximate surface area is 62.9 Å². The van der Waals surface area contributed by atoms with Crippen LogP contribution in [-0.2, 0) is 0 Å². The first kappa shape index (κ1) is 7.33. The zero-order valence-corrected chi connectivity index (χ0v) is 6.46. The molecule has 2 radical (unpaired) electrons. The molecular formula is C10H12. The number of rotatable bonds is 2. The van der Waals surface area contributed by atoms with Gasteiger partial charge in [-0.2, -0.15) is 0 Å². The molecule has 0 saturated carbocycles. The fourth-order valence-electron chi connectivity index (χ4n) is 0.868. The topological polar surface area (TPSA) is 0 Å². The minimum absolute atomic E-state index is 0.516. The highest BCUT2D eigenvalue weighted by atomic mass is 14.0. The zero-order valence-electron chi connectivity index (χ0n) is 6.46. The van der Waals surface area contributed by atoms with Gasteiger partial charge in [-0.3, -0.25) is 0 Å². The van der Waals surface area contributed by atoms with Gasteiger partial charge in [0.05, 0.1) is 0 Å². The summed E-state index contributed by atoms with van der Waals surface area (Å²) >= 11 is 0. The molecule has 0 aliphatic heterocycles. The van der Waals surface area contributed by atoms with Crippen LogP contribution in [0.4, 0.5) is 0 Å². The quantitative estimate of drug-likeness (QED) is 0.580. The molecule has 0 heteroatoms. The second-order valence-corrected chi connectivity index (χ2v) is 2.67. The number of benzene rings is 1. The van der Waals surface area contributed by atoms with E-state index in [0.717, 1.165) is 0 Å².